The number of carboxylic acid groups (broad SMARTS) is 1. The summed E-state index contributed by atoms with van der Waals surface area (Å²) in [5.41, 5.74) is 0.145. The lowest BCUT2D eigenvalue weighted by atomic mass is 9.97. The number of hydrogen-bond donors (Lipinski definition) is 2. The number of aliphatic carboxylic acids is 1. The van der Waals surface area contributed by atoms with Crippen molar-refractivity contribution in [3.8, 4) is 0 Å². The second-order valence-electron chi connectivity index (χ2n) is 5.82. The summed E-state index contributed by atoms with van der Waals surface area (Å²) in [5.74, 6) is 1.05. The van der Waals surface area contributed by atoms with Crippen molar-refractivity contribution < 1.29 is 9.90 Å². The van der Waals surface area contributed by atoms with Crippen molar-refractivity contribution >= 4 is 17.6 Å². The van der Waals surface area contributed by atoms with Crippen molar-refractivity contribution in [2.75, 3.05) is 30.4 Å². The minimum absolute atomic E-state index is 0.0881. The van der Waals surface area contributed by atoms with E-state index in [9.17, 15) is 4.79 Å². The third-order valence-electron chi connectivity index (χ3n) is 2.39. The zero-order valence-corrected chi connectivity index (χ0v) is 12.2. The second-order valence-corrected chi connectivity index (χ2v) is 5.82. The fourth-order valence-electron chi connectivity index (χ4n) is 1.48. The second kappa shape index (κ2) is 5.86. The van der Waals surface area contributed by atoms with Crippen molar-refractivity contribution in [3.63, 3.8) is 0 Å². The van der Waals surface area contributed by atoms with Crippen molar-refractivity contribution in [1.82, 2.24) is 9.97 Å². The highest BCUT2D eigenvalue weighted by Gasteiger charge is 2.12. The maximum absolute atomic E-state index is 10.7. The Morgan fingerprint density at radius 1 is 1.42 bits per heavy atom. The summed E-state index contributed by atoms with van der Waals surface area (Å²) in [7, 11) is 1.70. The lowest BCUT2D eigenvalue weighted by Crippen LogP contribution is -2.26. The molecule has 0 aliphatic carbocycles. The molecule has 2 N–H and O–H groups in total. The van der Waals surface area contributed by atoms with Crippen LogP contribution in [0.1, 0.15) is 26.6 Å². The van der Waals surface area contributed by atoms with Gasteiger partial charge in [0.2, 0.25) is 0 Å². The molecule has 6 nitrogen and oxygen atoms in total. The SMILES string of the molecule is Cc1nc(NCC(C)(C)C)cc(N(C)CC(=O)O)n1. The zero-order chi connectivity index (χ0) is 14.6. The predicted octanol–water partition coefficient (Wildman–Crippen LogP) is 1.76. The molecule has 1 aromatic heterocycles. The van der Waals surface area contributed by atoms with E-state index < -0.39 is 5.97 Å². The van der Waals surface area contributed by atoms with Crippen LogP contribution in [0.5, 0.6) is 0 Å². The van der Waals surface area contributed by atoms with Crippen LogP contribution in [0.4, 0.5) is 11.6 Å². The zero-order valence-electron chi connectivity index (χ0n) is 12.2. The van der Waals surface area contributed by atoms with Gasteiger partial charge in [-0.05, 0) is 12.3 Å². The molecule has 0 spiro atoms. The van der Waals surface area contributed by atoms with Gasteiger partial charge < -0.3 is 15.3 Å². The van der Waals surface area contributed by atoms with E-state index in [1.54, 1.807) is 24.9 Å². The number of hydrogen-bond acceptors (Lipinski definition) is 5. The average molecular weight is 266 g/mol. The quantitative estimate of drug-likeness (QED) is 0.845. The average Bonchev–Trinajstić information content (AvgIpc) is 2.23. The molecule has 0 fully saturated rings. The molecule has 1 aromatic rings. The first-order valence-electron chi connectivity index (χ1n) is 6.20. The molecule has 0 aromatic carbocycles. The summed E-state index contributed by atoms with van der Waals surface area (Å²) >= 11 is 0. The Kier molecular flexibility index (Phi) is 4.69. The van der Waals surface area contributed by atoms with Gasteiger partial charge in [-0.25, -0.2) is 9.97 Å². The van der Waals surface area contributed by atoms with Crippen LogP contribution in [-0.4, -0.2) is 41.2 Å². The van der Waals surface area contributed by atoms with E-state index in [0.717, 1.165) is 12.4 Å². The van der Waals surface area contributed by atoms with E-state index >= 15 is 0 Å². The molecule has 0 radical (unpaired) electrons. The van der Waals surface area contributed by atoms with Gasteiger partial charge in [-0.3, -0.25) is 4.79 Å². The molecule has 0 aliphatic rings. The molecule has 0 saturated carbocycles. The van der Waals surface area contributed by atoms with Crippen molar-refractivity contribution in [2.24, 2.45) is 5.41 Å². The Hall–Kier alpha value is -1.85. The molecule has 0 amide bonds. The molecular formula is C13H22N4O2. The van der Waals surface area contributed by atoms with E-state index in [1.807, 2.05) is 0 Å². The molecular weight excluding hydrogens is 244 g/mol. The van der Waals surface area contributed by atoms with Crippen LogP contribution in [0.15, 0.2) is 6.07 Å². The monoisotopic (exact) mass is 266 g/mol. The smallest absolute Gasteiger partial charge is 0.323 e. The van der Waals surface area contributed by atoms with Crippen molar-refractivity contribution in [2.45, 2.75) is 27.7 Å². The highest BCUT2D eigenvalue weighted by Crippen LogP contribution is 2.17. The molecule has 0 aliphatic heterocycles. The minimum Gasteiger partial charge on any atom is -0.480 e. The van der Waals surface area contributed by atoms with Crippen molar-refractivity contribution in [1.29, 1.82) is 0 Å². The van der Waals surface area contributed by atoms with E-state index in [2.05, 4.69) is 36.1 Å². The predicted molar refractivity (Wildman–Crippen MR) is 75.6 cm³/mol. The maximum atomic E-state index is 10.7. The number of carbonyl (C=O) groups is 1. The van der Waals surface area contributed by atoms with Crippen LogP contribution >= 0.6 is 0 Å². The molecule has 19 heavy (non-hydrogen) atoms. The van der Waals surface area contributed by atoms with E-state index in [-0.39, 0.29) is 12.0 Å². The first kappa shape index (κ1) is 15.2. The van der Waals surface area contributed by atoms with Gasteiger partial charge in [0, 0.05) is 19.7 Å². The normalized spacial score (nSPS) is 11.2. The molecule has 106 valence electrons. The van der Waals surface area contributed by atoms with Gasteiger partial charge in [0.15, 0.2) is 0 Å². The fourth-order valence-corrected chi connectivity index (χ4v) is 1.48. The summed E-state index contributed by atoms with van der Waals surface area (Å²) in [6.45, 7) is 8.88. The van der Waals surface area contributed by atoms with Crippen LogP contribution in [0.3, 0.4) is 0 Å². The number of aromatic nitrogens is 2. The number of likely N-dealkylation sites (N-methyl/N-ethyl adjacent to an activating group) is 1. The van der Waals surface area contributed by atoms with E-state index in [4.69, 9.17) is 5.11 Å². The Bertz CT molecular complexity index is 454. The minimum atomic E-state index is -0.886. The topological polar surface area (TPSA) is 78.4 Å². The first-order valence-corrected chi connectivity index (χ1v) is 6.20. The maximum Gasteiger partial charge on any atom is 0.323 e. The number of aryl methyl sites for hydroxylation is 1. The van der Waals surface area contributed by atoms with Crippen LogP contribution in [0, 0.1) is 12.3 Å². The van der Waals surface area contributed by atoms with Gasteiger partial charge in [0.1, 0.15) is 24.0 Å². The van der Waals surface area contributed by atoms with Gasteiger partial charge in [0.25, 0.3) is 0 Å². The van der Waals surface area contributed by atoms with Crippen LogP contribution in [0.25, 0.3) is 0 Å². The number of rotatable bonds is 5. The Balaban J connectivity index is 2.84. The van der Waals surface area contributed by atoms with Crippen LogP contribution < -0.4 is 10.2 Å². The molecule has 0 unspecified atom stereocenters. The molecule has 6 heteroatoms. The molecule has 1 rings (SSSR count). The number of nitrogens with zero attached hydrogens (tertiary/aromatic N) is 3. The molecule has 1 heterocycles. The third kappa shape index (κ3) is 5.54. The largest absolute Gasteiger partial charge is 0.480 e. The molecule has 0 saturated heterocycles. The van der Waals surface area contributed by atoms with Gasteiger partial charge in [-0.1, -0.05) is 20.8 Å². The Morgan fingerprint density at radius 3 is 2.58 bits per heavy atom. The Labute approximate surface area is 113 Å². The lowest BCUT2D eigenvalue weighted by molar-refractivity contribution is -0.135. The highest BCUT2D eigenvalue weighted by atomic mass is 16.4. The molecule has 0 bridgehead atoms. The summed E-state index contributed by atoms with van der Waals surface area (Å²) in [6.07, 6.45) is 0. The summed E-state index contributed by atoms with van der Waals surface area (Å²) in [4.78, 5) is 20.8. The van der Waals surface area contributed by atoms with Gasteiger partial charge in [-0.15, -0.1) is 0 Å². The highest BCUT2D eigenvalue weighted by molar-refractivity contribution is 5.73. The number of nitrogens with one attached hydrogen (secondary N) is 1. The van der Waals surface area contributed by atoms with Gasteiger partial charge in [-0.2, -0.15) is 0 Å². The van der Waals surface area contributed by atoms with E-state index in [1.165, 1.54) is 0 Å². The van der Waals surface area contributed by atoms with E-state index in [0.29, 0.717) is 11.6 Å². The third-order valence-corrected chi connectivity index (χ3v) is 2.39. The summed E-state index contributed by atoms with van der Waals surface area (Å²) in [6, 6.07) is 1.77. The number of anilines is 2. The van der Waals surface area contributed by atoms with Crippen LogP contribution in [0.2, 0.25) is 0 Å². The summed E-state index contributed by atoms with van der Waals surface area (Å²) < 4.78 is 0. The molecule has 0 atom stereocenters. The standard InChI is InChI=1S/C13H22N4O2/c1-9-15-10(14-8-13(2,3)4)6-11(16-9)17(5)7-12(18)19/h6H,7-8H2,1-5H3,(H,18,19)(H,14,15,16). The van der Waals surface area contributed by atoms with Crippen molar-refractivity contribution in [3.05, 3.63) is 11.9 Å². The van der Waals surface area contributed by atoms with Gasteiger partial charge in [0.05, 0.1) is 0 Å². The van der Waals surface area contributed by atoms with Crippen LogP contribution in [-0.2, 0) is 4.79 Å². The first-order chi connectivity index (χ1) is 8.67. The van der Waals surface area contributed by atoms with Gasteiger partial charge >= 0.3 is 5.97 Å². The Morgan fingerprint density at radius 2 is 2.05 bits per heavy atom. The lowest BCUT2D eigenvalue weighted by Gasteiger charge is -2.21. The fraction of sp³-hybridized carbons (Fsp3) is 0.615. The number of carboxylic acids is 1. The summed E-state index contributed by atoms with van der Waals surface area (Å²) in [5, 5.41) is 12.0.